The van der Waals surface area contributed by atoms with Crippen molar-refractivity contribution in [1.82, 2.24) is 4.98 Å². The predicted molar refractivity (Wildman–Crippen MR) is 86.5 cm³/mol. The second-order valence-electron chi connectivity index (χ2n) is 4.53. The fraction of sp³-hybridized carbons (Fsp3) is 0.176. The van der Waals surface area contributed by atoms with Gasteiger partial charge >= 0.3 is 5.97 Å². The zero-order chi connectivity index (χ0) is 15.9. The van der Waals surface area contributed by atoms with Crippen LogP contribution in [0, 0.1) is 0 Å². The Morgan fingerprint density at radius 1 is 1.27 bits per heavy atom. The summed E-state index contributed by atoms with van der Waals surface area (Å²) in [5.74, 6) is -0.342. The molecule has 1 aromatic heterocycles. The van der Waals surface area contributed by atoms with Gasteiger partial charge in [-0.05, 0) is 30.7 Å². The second kappa shape index (κ2) is 7.26. The van der Waals surface area contributed by atoms with Crippen molar-refractivity contribution < 1.29 is 14.6 Å². The molecule has 0 aliphatic carbocycles. The lowest BCUT2D eigenvalue weighted by molar-refractivity contribution is -0.136. The van der Waals surface area contributed by atoms with E-state index in [0.717, 1.165) is 22.6 Å². The summed E-state index contributed by atoms with van der Waals surface area (Å²) in [6.07, 6.45) is 1.51. The van der Waals surface area contributed by atoms with Crippen molar-refractivity contribution in [3.05, 3.63) is 53.8 Å². The molecule has 0 aliphatic rings. The number of aliphatic carboxylic acids is 1. The number of carboxylic acids is 1. The van der Waals surface area contributed by atoms with E-state index in [4.69, 9.17) is 9.84 Å². The Hall–Kier alpha value is -2.82. The molecule has 1 heterocycles. The first-order valence-corrected chi connectivity index (χ1v) is 6.97. The Bertz CT molecular complexity index is 679. The van der Waals surface area contributed by atoms with E-state index in [1.807, 2.05) is 49.5 Å². The van der Waals surface area contributed by atoms with Crippen molar-refractivity contribution >= 4 is 17.9 Å². The Labute approximate surface area is 129 Å². The van der Waals surface area contributed by atoms with Crippen LogP contribution in [0.2, 0.25) is 0 Å². The lowest BCUT2D eigenvalue weighted by Gasteiger charge is -2.06. The zero-order valence-corrected chi connectivity index (χ0v) is 12.5. The molecule has 0 aliphatic heterocycles. The molecular weight excluding hydrogens is 280 g/mol. The molecular formula is C17H18N2O3. The standard InChI is InChI=1S/C17H18N2O3/c1-3-22-15(17(20)21)11-12-7-9-13(10-8-12)14-5-4-6-16(18-2)19-14/h4-11H,3H2,1-2H3,(H,18,19)(H,20,21). The number of hydrogen-bond donors (Lipinski definition) is 2. The third-order valence-corrected chi connectivity index (χ3v) is 3.02. The molecule has 0 amide bonds. The summed E-state index contributed by atoms with van der Waals surface area (Å²) in [6.45, 7) is 2.07. The zero-order valence-electron chi connectivity index (χ0n) is 12.5. The third kappa shape index (κ3) is 3.85. The van der Waals surface area contributed by atoms with Crippen molar-refractivity contribution in [2.45, 2.75) is 6.92 Å². The summed E-state index contributed by atoms with van der Waals surface area (Å²) in [7, 11) is 1.82. The van der Waals surface area contributed by atoms with Crippen LogP contribution >= 0.6 is 0 Å². The van der Waals surface area contributed by atoms with E-state index in [2.05, 4.69) is 10.3 Å². The largest absolute Gasteiger partial charge is 0.487 e. The molecule has 0 unspecified atom stereocenters. The molecule has 0 saturated carbocycles. The highest BCUT2D eigenvalue weighted by Crippen LogP contribution is 2.20. The molecule has 1 aromatic carbocycles. The molecule has 5 heteroatoms. The van der Waals surface area contributed by atoms with Gasteiger partial charge in [0.15, 0.2) is 0 Å². The molecule has 114 valence electrons. The topological polar surface area (TPSA) is 71.5 Å². The molecule has 5 nitrogen and oxygen atoms in total. The first kappa shape index (κ1) is 15.6. The second-order valence-corrected chi connectivity index (χ2v) is 4.53. The maximum atomic E-state index is 11.0. The summed E-state index contributed by atoms with van der Waals surface area (Å²) in [5.41, 5.74) is 2.58. The minimum absolute atomic E-state index is 0.0643. The molecule has 2 aromatic rings. The van der Waals surface area contributed by atoms with Crippen LogP contribution in [0.15, 0.2) is 48.2 Å². The smallest absolute Gasteiger partial charge is 0.371 e. The average molecular weight is 298 g/mol. The van der Waals surface area contributed by atoms with Crippen molar-refractivity contribution in [3.8, 4) is 11.3 Å². The number of anilines is 1. The van der Waals surface area contributed by atoms with Crippen LogP contribution in [-0.4, -0.2) is 29.7 Å². The van der Waals surface area contributed by atoms with Gasteiger partial charge in [-0.2, -0.15) is 0 Å². The number of carboxylic acid groups (broad SMARTS) is 1. The van der Waals surface area contributed by atoms with Crippen LogP contribution < -0.4 is 5.32 Å². The van der Waals surface area contributed by atoms with Gasteiger partial charge in [0.2, 0.25) is 5.76 Å². The van der Waals surface area contributed by atoms with Crippen molar-refractivity contribution in [2.24, 2.45) is 0 Å². The summed E-state index contributed by atoms with van der Waals surface area (Å²) < 4.78 is 5.09. The summed E-state index contributed by atoms with van der Waals surface area (Å²) >= 11 is 0. The molecule has 0 bridgehead atoms. The fourth-order valence-corrected chi connectivity index (χ4v) is 1.96. The minimum atomic E-state index is -1.07. The number of nitrogens with one attached hydrogen (secondary N) is 1. The van der Waals surface area contributed by atoms with Crippen LogP contribution in [0.3, 0.4) is 0 Å². The van der Waals surface area contributed by atoms with Crippen molar-refractivity contribution in [3.63, 3.8) is 0 Å². The average Bonchev–Trinajstić information content (AvgIpc) is 2.55. The normalized spacial score (nSPS) is 11.1. The Morgan fingerprint density at radius 3 is 2.59 bits per heavy atom. The number of benzene rings is 1. The molecule has 0 fully saturated rings. The number of carbonyl (C=O) groups is 1. The Balaban J connectivity index is 2.26. The molecule has 0 spiro atoms. The van der Waals surface area contributed by atoms with Crippen LogP contribution in [0.1, 0.15) is 12.5 Å². The predicted octanol–water partition coefficient (Wildman–Crippen LogP) is 3.25. The molecule has 0 saturated heterocycles. The van der Waals surface area contributed by atoms with E-state index in [1.54, 1.807) is 6.92 Å². The SMILES string of the molecule is CCOC(=Cc1ccc(-c2cccc(NC)n2)cc1)C(=O)O. The van der Waals surface area contributed by atoms with Crippen LogP contribution in [0.5, 0.6) is 0 Å². The van der Waals surface area contributed by atoms with E-state index in [0.29, 0.717) is 6.61 Å². The number of ether oxygens (including phenoxy) is 1. The highest BCUT2D eigenvalue weighted by molar-refractivity contribution is 5.89. The number of rotatable bonds is 6. The van der Waals surface area contributed by atoms with E-state index < -0.39 is 5.97 Å². The van der Waals surface area contributed by atoms with E-state index >= 15 is 0 Å². The molecule has 22 heavy (non-hydrogen) atoms. The van der Waals surface area contributed by atoms with Crippen LogP contribution in [-0.2, 0) is 9.53 Å². The van der Waals surface area contributed by atoms with Crippen molar-refractivity contribution in [2.75, 3.05) is 19.0 Å². The van der Waals surface area contributed by atoms with Gasteiger partial charge in [0.25, 0.3) is 0 Å². The third-order valence-electron chi connectivity index (χ3n) is 3.02. The Morgan fingerprint density at radius 2 is 2.00 bits per heavy atom. The van der Waals surface area contributed by atoms with Gasteiger partial charge in [-0.1, -0.05) is 30.3 Å². The van der Waals surface area contributed by atoms with Crippen LogP contribution in [0.25, 0.3) is 17.3 Å². The number of aromatic nitrogens is 1. The summed E-state index contributed by atoms with van der Waals surface area (Å²) in [6, 6.07) is 13.2. The molecule has 2 N–H and O–H groups in total. The molecule has 0 atom stereocenters. The van der Waals surface area contributed by atoms with E-state index in [-0.39, 0.29) is 5.76 Å². The highest BCUT2D eigenvalue weighted by atomic mass is 16.5. The van der Waals surface area contributed by atoms with Crippen molar-refractivity contribution in [1.29, 1.82) is 0 Å². The Kier molecular flexibility index (Phi) is 5.14. The van der Waals surface area contributed by atoms with Gasteiger partial charge in [0.1, 0.15) is 5.82 Å². The van der Waals surface area contributed by atoms with Gasteiger partial charge in [0.05, 0.1) is 12.3 Å². The van der Waals surface area contributed by atoms with E-state index in [1.165, 1.54) is 6.08 Å². The first-order valence-electron chi connectivity index (χ1n) is 6.97. The van der Waals surface area contributed by atoms with Gasteiger partial charge < -0.3 is 15.2 Å². The number of pyridine rings is 1. The molecule has 2 rings (SSSR count). The summed E-state index contributed by atoms with van der Waals surface area (Å²) in [4.78, 5) is 15.5. The maximum absolute atomic E-state index is 11.0. The van der Waals surface area contributed by atoms with Gasteiger partial charge in [-0.15, -0.1) is 0 Å². The quantitative estimate of drug-likeness (QED) is 0.632. The molecule has 0 radical (unpaired) electrons. The van der Waals surface area contributed by atoms with Gasteiger partial charge in [-0.25, -0.2) is 9.78 Å². The maximum Gasteiger partial charge on any atom is 0.371 e. The summed E-state index contributed by atoms with van der Waals surface area (Å²) in [5, 5.41) is 12.0. The van der Waals surface area contributed by atoms with Crippen LogP contribution in [0.4, 0.5) is 5.82 Å². The first-order chi connectivity index (χ1) is 10.6. The van der Waals surface area contributed by atoms with Gasteiger partial charge in [0, 0.05) is 12.6 Å². The van der Waals surface area contributed by atoms with E-state index in [9.17, 15) is 4.79 Å². The minimum Gasteiger partial charge on any atom is -0.487 e. The van der Waals surface area contributed by atoms with Gasteiger partial charge in [-0.3, -0.25) is 0 Å². The number of hydrogen-bond acceptors (Lipinski definition) is 4. The monoisotopic (exact) mass is 298 g/mol. The number of nitrogens with zero attached hydrogens (tertiary/aromatic N) is 1. The lowest BCUT2D eigenvalue weighted by atomic mass is 10.1. The fourth-order valence-electron chi connectivity index (χ4n) is 1.96. The highest BCUT2D eigenvalue weighted by Gasteiger charge is 2.08. The lowest BCUT2D eigenvalue weighted by Crippen LogP contribution is -2.04.